The van der Waals surface area contributed by atoms with Gasteiger partial charge < -0.3 is 4.90 Å². The number of carbonyl (C=O) groups is 1. The highest BCUT2D eigenvalue weighted by atomic mass is 79.9. The molecule has 1 saturated carbocycles. The van der Waals surface area contributed by atoms with Gasteiger partial charge in [-0.2, -0.15) is 0 Å². The summed E-state index contributed by atoms with van der Waals surface area (Å²) in [5.74, 6) is 0.00514. The van der Waals surface area contributed by atoms with Crippen LogP contribution in [0, 0.1) is 6.92 Å². The first-order valence-electron chi connectivity index (χ1n) is 7.12. The van der Waals surface area contributed by atoms with Gasteiger partial charge in [-0.05, 0) is 53.4 Å². The van der Waals surface area contributed by atoms with Crippen LogP contribution in [-0.2, 0) is 6.54 Å². The van der Waals surface area contributed by atoms with Gasteiger partial charge in [0, 0.05) is 23.3 Å². The topological polar surface area (TPSA) is 33.2 Å². The maximum Gasteiger partial charge on any atom is 0.274 e. The van der Waals surface area contributed by atoms with Crippen molar-refractivity contribution < 1.29 is 4.79 Å². The number of nitrogens with zero attached hydrogens (tertiary/aromatic N) is 2. The van der Waals surface area contributed by atoms with Gasteiger partial charge in [0.15, 0.2) is 0 Å². The van der Waals surface area contributed by atoms with E-state index in [0.29, 0.717) is 18.3 Å². The highest BCUT2D eigenvalue weighted by molar-refractivity contribution is 9.10. The average Bonchev–Trinajstić information content (AvgIpc) is 3.31. The second-order valence-electron chi connectivity index (χ2n) is 5.48. The number of halogens is 1. The van der Waals surface area contributed by atoms with Crippen molar-refractivity contribution in [2.45, 2.75) is 32.4 Å². The highest BCUT2D eigenvalue weighted by Gasteiger charge is 2.34. The Morgan fingerprint density at radius 2 is 2.00 bits per heavy atom. The molecule has 1 amide bonds. The van der Waals surface area contributed by atoms with E-state index < -0.39 is 0 Å². The van der Waals surface area contributed by atoms with Gasteiger partial charge in [-0.25, -0.2) is 4.98 Å². The third-order valence-electron chi connectivity index (χ3n) is 3.68. The van der Waals surface area contributed by atoms with Crippen LogP contribution in [0.2, 0.25) is 0 Å². The summed E-state index contributed by atoms with van der Waals surface area (Å²) < 4.78 is 0.754. The molecule has 4 heteroatoms. The van der Waals surface area contributed by atoms with Crippen molar-refractivity contribution in [1.29, 1.82) is 0 Å². The summed E-state index contributed by atoms with van der Waals surface area (Å²) in [5.41, 5.74) is 2.89. The number of rotatable bonds is 4. The molecule has 0 saturated heterocycles. The van der Waals surface area contributed by atoms with E-state index in [9.17, 15) is 4.79 Å². The number of carbonyl (C=O) groups excluding carboxylic acids is 1. The number of amides is 1. The van der Waals surface area contributed by atoms with Gasteiger partial charge in [0.05, 0.1) is 0 Å². The van der Waals surface area contributed by atoms with E-state index in [1.54, 1.807) is 6.20 Å². The molecule has 1 aromatic heterocycles. The minimum atomic E-state index is 0.00514. The Morgan fingerprint density at radius 1 is 1.29 bits per heavy atom. The Kier molecular flexibility index (Phi) is 4.06. The zero-order chi connectivity index (χ0) is 14.8. The molecule has 0 unspecified atom stereocenters. The van der Waals surface area contributed by atoms with Crippen molar-refractivity contribution >= 4 is 21.8 Å². The van der Waals surface area contributed by atoms with Crippen molar-refractivity contribution in [2.24, 2.45) is 0 Å². The lowest BCUT2D eigenvalue weighted by Crippen LogP contribution is -2.33. The lowest BCUT2D eigenvalue weighted by Gasteiger charge is -2.22. The molecular formula is C17H17BrN2O. The number of benzene rings is 1. The number of aromatic nitrogens is 1. The van der Waals surface area contributed by atoms with Gasteiger partial charge in [0.25, 0.3) is 5.91 Å². The molecule has 1 aromatic carbocycles. The Morgan fingerprint density at radius 3 is 2.62 bits per heavy atom. The predicted octanol–water partition coefficient (Wildman–Crippen LogP) is 3.96. The van der Waals surface area contributed by atoms with Crippen LogP contribution in [0.3, 0.4) is 0 Å². The van der Waals surface area contributed by atoms with Crippen molar-refractivity contribution in [3.05, 3.63) is 63.9 Å². The summed E-state index contributed by atoms with van der Waals surface area (Å²) in [5, 5.41) is 0. The number of aryl methyl sites for hydroxylation is 1. The Balaban J connectivity index is 1.83. The molecular weight excluding hydrogens is 328 g/mol. The van der Waals surface area contributed by atoms with Crippen LogP contribution < -0.4 is 0 Å². The van der Waals surface area contributed by atoms with Gasteiger partial charge in [0.1, 0.15) is 5.69 Å². The normalized spacial score (nSPS) is 14.0. The second kappa shape index (κ2) is 5.98. The fourth-order valence-electron chi connectivity index (χ4n) is 2.32. The maximum atomic E-state index is 12.8. The van der Waals surface area contributed by atoms with E-state index in [2.05, 4.69) is 52.1 Å². The summed E-state index contributed by atoms with van der Waals surface area (Å²) in [6.07, 6.45) is 3.83. The highest BCUT2D eigenvalue weighted by Crippen LogP contribution is 2.30. The van der Waals surface area contributed by atoms with Crippen LogP contribution in [0.4, 0.5) is 0 Å². The van der Waals surface area contributed by atoms with Gasteiger partial charge in [-0.3, -0.25) is 4.79 Å². The molecule has 1 aliphatic rings. The summed E-state index contributed by atoms with van der Waals surface area (Å²) in [6, 6.07) is 12.4. The van der Waals surface area contributed by atoms with Crippen LogP contribution >= 0.6 is 15.9 Å². The molecule has 0 spiro atoms. The molecule has 21 heavy (non-hydrogen) atoms. The Labute approximate surface area is 133 Å². The molecule has 0 bridgehead atoms. The summed E-state index contributed by atoms with van der Waals surface area (Å²) in [6.45, 7) is 2.71. The smallest absolute Gasteiger partial charge is 0.274 e. The lowest BCUT2D eigenvalue weighted by atomic mass is 10.1. The van der Waals surface area contributed by atoms with Crippen LogP contribution in [0.25, 0.3) is 0 Å². The SMILES string of the molecule is Cc1ccc(CN(C(=O)c2ncccc2Br)C2CC2)cc1. The molecule has 0 radical (unpaired) electrons. The van der Waals surface area contributed by atoms with E-state index in [0.717, 1.165) is 22.9 Å². The number of hydrogen-bond donors (Lipinski definition) is 0. The molecule has 1 aliphatic carbocycles. The maximum absolute atomic E-state index is 12.8. The monoisotopic (exact) mass is 344 g/mol. The van der Waals surface area contributed by atoms with Crippen LogP contribution in [0.5, 0.6) is 0 Å². The molecule has 0 aliphatic heterocycles. The summed E-state index contributed by atoms with van der Waals surface area (Å²) in [7, 11) is 0. The zero-order valence-electron chi connectivity index (χ0n) is 11.9. The molecule has 0 atom stereocenters. The van der Waals surface area contributed by atoms with E-state index >= 15 is 0 Å². The fourth-order valence-corrected chi connectivity index (χ4v) is 2.75. The second-order valence-corrected chi connectivity index (χ2v) is 6.34. The third-order valence-corrected chi connectivity index (χ3v) is 4.32. The Hall–Kier alpha value is -1.68. The molecule has 3 rings (SSSR count). The molecule has 0 N–H and O–H groups in total. The van der Waals surface area contributed by atoms with E-state index in [4.69, 9.17) is 0 Å². The Bertz CT molecular complexity index is 650. The molecule has 1 fully saturated rings. The zero-order valence-corrected chi connectivity index (χ0v) is 13.5. The standard InChI is InChI=1S/C17H17BrN2O/c1-12-4-6-13(7-5-12)11-20(14-8-9-14)17(21)16-15(18)3-2-10-19-16/h2-7,10,14H,8-9,11H2,1H3. The van der Waals surface area contributed by atoms with Crippen LogP contribution in [0.15, 0.2) is 47.1 Å². The minimum absolute atomic E-state index is 0.00514. The lowest BCUT2D eigenvalue weighted by molar-refractivity contribution is 0.0723. The summed E-state index contributed by atoms with van der Waals surface area (Å²) >= 11 is 3.42. The third kappa shape index (κ3) is 3.32. The number of hydrogen-bond acceptors (Lipinski definition) is 2. The van der Waals surface area contributed by atoms with E-state index in [-0.39, 0.29) is 5.91 Å². The van der Waals surface area contributed by atoms with E-state index in [1.807, 2.05) is 17.0 Å². The van der Waals surface area contributed by atoms with Crippen molar-refractivity contribution in [1.82, 2.24) is 9.88 Å². The predicted molar refractivity (Wildman–Crippen MR) is 86.0 cm³/mol. The van der Waals surface area contributed by atoms with Gasteiger partial charge in [-0.1, -0.05) is 29.8 Å². The van der Waals surface area contributed by atoms with Gasteiger partial charge in [-0.15, -0.1) is 0 Å². The molecule has 3 nitrogen and oxygen atoms in total. The van der Waals surface area contributed by atoms with Crippen LogP contribution in [-0.4, -0.2) is 21.8 Å². The quantitative estimate of drug-likeness (QED) is 0.840. The van der Waals surface area contributed by atoms with E-state index in [1.165, 1.54) is 5.56 Å². The van der Waals surface area contributed by atoms with Crippen molar-refractivity contribution in [3.63, 3.8) is 0 Å². The van der Waals surface area contributed by atoms with Crippen LogP contribution in [0.1, 0.15) is 34.5 Å². The van der Waals surface area contributed by atoms with Crippen molar-refractivity contribution in [3.8, 4) is 0 Å². The molecule has 1 heterocycles. The van der Waals surface area contributed by atoms with Crippen molar-refractivity contribution in [2.75, 3.05) is 0 Å². The summed E-state index contributed by atoms with van der Waals surface area (Å²) in [4.78, 5) is 18.9. The van der Waals surface area contributed by atoms with Gasteiger partial charge >= 0.3 is 0 Å². The van der Waals surface area contributed by atoms with Gasteiger partial charge in [0.2, 0.25) is 0 Å². The first-order valence-corrected chi connectivity index (χ1v) is 7.91. The first kappa shape index (κ1) is 14.3. The first-order chi connectivity index (χ1) is 10.1. The molecule has 108 valence electrons. The number of pyridine rings is 1. The molecule has 2 aromatic rings. The fraction of sp³-hybridized carbons (Fsp3) is 0.294. The largest absolute Gasteiger partial charge is 0.330 e. The average molecular weight is 345 g/mol. The minimum Gasteiger partial charge on any atom is -0.330 e.